The van der Waals surface area contributed by atoms with Crippen LogP contribution >= 0.6 is 11.8 Å². The zero-order chi connectivity index (χ0) is 26.0. The third kappa shape index (κ3) is 8.61. The topological polar surface area (TPSA) is 204 Å². The quantitative estimate of drug-likeness (QED) is 0.175. The van der Waals surface area contributed by atoms with E-state index >= 15 is 0 Å². The average molecular weight is 508 g/mol. The number of rotatable bonds is 14. The molecule has 0 fully saturated rings. The van der Waals surface area contributed by atoms with Crippen LogP contribution in [-0.4, -0.2) is 81.5 Å². The fourth-order valence-electron chi connectivity index (χ4n) is 3.32. The van der Waals surface area contributed by atoms with Crippen molar-refractivity contribution in [1.82, 2.24) is 20.9 Å². The summed E-state index contributed by atoms with van der Waals surface area (Å²) in [4.78, 5) is 62.6. The Morgan fingerprint density at radius 2 is 1.77 bits per heavy atom. The maximum atomic E-state index is 12.6. The number of hydrogen-bond acceptors (Lipinski definition) is 7. The molecule has 0 aliphatic heterocycles. The predicted octanol–water partition coefficient (Wildman–Crippen LogP) is -0.564. The molecule has 3 amide bonds. The van der Waals surface area contributed by atoms with E-state index < -0.39 is 60.8 Å². The molecule has 1 aromatic carbocycles. The molecule has 190 valence electrons. The molecule has 35 heavy (non-hydrogen) atoms. The summed E-state index contributed by atoms with van der Waals surface area (Å²) in [7, 11) is 0. The number of amides is 3. The van der Waals surface area contributed by atoms with E-state index in [1.807, 2.05) is 24.3 Å². The number of carboxylic acid groups (broad SMARTS) is 2. The molecule has 0 aliphatic rings. The lowest BCUT2D eigenvalue weighted by Crippen LogP contribution is -2.54. The lowest BCUT2D eigenvalue weighted by atomic mass is 10.0. The SMILES string of the molecule is CSCCC(NC(=O)C(N)CC(=O)O)C(=O)NCC(=O)NC(Cc1c[nH]c2ccccc12)C(=O)O. The molecule has 1 heterocycles. The van der Waals surface area contributed by atoms with E-state index in [1.165, 1.54) is 11.8 Å². The van der Waals surface area contributed by atoms with Crippen molar-refractivity contribution in [3.8, 4) is 0 Å². The van der Waals surface area contributed by atoms with Crippen molar-refractivity contribution in [2.24, 2.45) is 5.73 Å². The largest absolute Gasteiger partial charge is 0.481 e. The summed E-state index contributed by atoms with van der Waals surface area (Å²) in [5.41, 5.74) is 7.10. The van der Waals surface area contributed by atoms with E-state index in [2.05, 4.69) is 20.9 Å². The molecule has 2 rings (SSSR count). The molecule has 0 spiro atoms. The molecule has 0 bridgehead atoms. The van der Waals surface area contributed by atoms with E-state index in [-0.39, 0.29) is 12.8 Å². The first-order valence-corrected chi connectivity index (χ1v) is 12.1. The first-order chi connectivity index (χ1) is 16.6. The number of benzene rings is 1. The molecule has 0 saturated carbocycles. The second kappa shape index (κ2) is 13.3. The van der Waals surface area contributed by atoms with Crippen molar-refractivity contribution in [1.29, 1.82) is 0 Å². The number of H-pyrrole nitrogens is 1. The van der Waals surface area contributed by atoms with Gasteiger partial charge >= 0.3 is 11.9 Å². The van der Waals surface area contributed by atoms with Gasteiger partial charge in [-0.1, -0.05) is 18.2 Å². The molecule has 2 aromatic rings. The molecule has 0 aliphatic carbocycles. The summed E-state index contributed by atoms with van der Waals surface area (Å²) in [5.74, 6) is -4.17. The van der Waals surface area contributed by atoms with Gasteiger partial charge in [0.1, 0.15) is 12.1 Å². The van der Waals surface area contributed by atoms with Gasteiger partial charge in [0, 0.05) is 23.5 Å². The van der Waals surface area contributed by atoms with Crippen molar-refractivity contribution >= 4 is 52.3 Å². The zero-order valence-corrected chi connectivity index (χ0v) is 19.9. The van der Waals surface area contributed by atoms with Gasteiger partial charge in [-0.05, 0) is 30.1 Å². The summed E-state index contributed by atoms with van der Waals surface area (Å²) in [6.07, 6.45) is 3.15. The van der Waals surface area contributed by atoms with Crippen LogP contribution in [0.5, 0.6) is 0 Å². The smallest absolute Gasteiger partial charge is 0.326 e. The fraction of sp³-hybridized carbons (Fsp3) is 0.409. The second-order valence-electron chi connectivity index (χ2n) is 7.79. The number of nitrogens with one attached hydrogen (secondary N) is 4. The molecular formula is C22H29N5O7S. The van der Waals surface area contributed by atoms with E-state index in [9.17, 15) is 29.1 Å². The minimum Gasteiger partial charge on any atom is -0.481 e. The van der Waals surface area contributed by atoms with Crippen molar-refractivity contribution < 1.29 is 34.2 Å². The van der Waals surface area contributed by atoms with Gasteiger partial charge in [0.25, 0.3) is 0 Å². The molecular weight excluding hydrogens is 478 g/mol. The highest BCUT2D eigenvalue weighted by Crippen LogP contribution is 2.19. The minimum atomic E-state index is -1.33. The maximum absolute atomic E-state index is 12.6. The Morgan fingerprint density at radius 1 is 1.06 bits per heavy atom. The van der Waals surface area contributed by atoms with Gasteiger partial charge in [-0.2, -0.15) is 11.8 Å². The first-order valence-electron chi connectivity index (χ1n) is 10.7. The normalized spacial score (nSPS) is 13.4. The molecule has 3 atom stereocenters. The highest BCUT2D eigenvalue weighted by molar-refractivity contribution is 7.98. The molecule has 12 nitrogen and oxygen atoms in total. The third-order valence-electron chi connectivity index (χ3n) is 5.13. The fourth-order valence-corrected chi connectivity index (χ4v) is 3.79. The Morgan fingerprint density at radius 3 is 2.43 bits per heavy atom. The number of carbonyl (C=O) groups is 5. The van der Waals surface area contributed by atoms with Crippen molar-refractivity contribution in [2.45, 2.75) is 37.4 Å². The van der Waals surface area contributed by atoms with E-state index in [0.29, 0.717) is 5.75 Å². The Labute approximate surface area is 205 Å². The summed E-state index contributed by atoms with van der Waals surface area (Å²) < 4.78 is 0. The number of aliphatic carboxylic acids is 2. The Kier molecular flexibility index (Phi) is 10.5. The van der Waals surface area contributed by atoms with Gasteiger partial charge in [-0.25, -0.2) is 4.79 Å². The molecule has 3 unspecified atom stereocenters. The van der Waals surface area contributed by atoms with Gasteiger partial charge in [0.05, 0.1) is 19.0 Å². The maximum Gasteiger partial charge on any atom is 0.326 e. The number of carboxylic acids is 2. The number of nitrogens with two attached hydrogens (primary N) is 1. The van der Waals surface area contributed by atoms with Crippen LogP contribution in [0, 0.1) is 0 Å². The summed E-state index contributed by atoms with van der Waals surface area (Å²) in [6, 6.07) is 3.77. The van der Waals surface area contributed by atoms with Crippen LogP contribution in [-0.2, 0) is 30.4 Å². The van der Waals surface area contributed by atoms with Crippen LogP contribution in [0.25, 0.3) is 10.9 Å². The molecule has 0 saturated heterocycles. The summed E-state index contributed by atoms with van der Waals surface area (Å²) in [6.45, 7) is -0.511. The van der Waals surface area contributed by atoms with Crippen molar-refractivity contribution in [3.05, 3.63) is 36.0 Å². The number of carbonyl (C=O) groups excluding carboxylic acids is 3. The van der Waals surface area contributed by atoms with Crippen LogP contribution in [0.15, 0.2) is 30.5 Å². The lowest BCUT2D eigenvalue weighted by Gasteiger charge is -2.20. The van der Waals surface area contributed by atoms with Crippen LogP contribution in [0.2, 0.25) is 0 Å². The number of para-hydroxylation sites is 1. The van der Waals surface area contributed by atoms with Gasteiger partial charge in [0.15, 0.2) is 0 Å². The van der Waals surface area contributed by atoms with Gasteiger partial charge in [-0.15, -0.1) is 0 Å². The summed E-state index contributed by atoms with van der Waals surface area (Å²) >= 11 is 1.43. The van der Waals surface area contributed by atoms with Crippen molar-refractivity contribution in [2.75, 3.05) is 18.6 Å². The Bertz CT molecular complexity index is 1070. The highest BCUT2D eigenvalue weighted by atomic mass is 32.2. The van der Waals surface area contributed by atoms with Gasteiger partial charge in [-0.3, -0.25) is 19.2 Å². The lowest BCUT2D eigenvalue weighted by molar-refractivity contribution is -0.141. The Balaban J connectivity index is 1.95. The third-order valence-corrected chi connectivity index (χ3v) is 5.77. The van der Waals surface area contributed by atoms with Crippen LogP contribution in [0.4, 0.5) is 0 Å². The first kappa shape index (κ1) is 27.7. The monoisotopic (exact) mass is 507 g/mol. The summed E-state index contributed by atoms with van der Waals surface area (Å²) in [5, 5.41) is 26.3. The predicted molar refractivity (Wildman–Crippen MR) is 130 cm³/mol. The second-order valence-corrected chi connectivity index (χ2v) is 8.77. The molecule has 13 heteroatoms. The van der Waals surface area contributed by atoms with E-state index in [1.54, 1.807) is 12.5 Å². The number of aromatic amines is 1. The van der Waals surface area contributed by atoms with Crippen LogP contribution in [0.1, 0.15) is 18.4 Å². The van der Waals surface area contributed by atoms with Gasteiger partial charge in [0.2, 0.25) is 17.7 Å². The minimum absolute atomic E-state index is 0.0346. The van der Waals surface area contributed by atoms with E-state index in [0.717, 1.165) is 16.5 Å². The zero-order valence-electron chi connectivity index (χ0n) is 19.1. The number of fused-ring (bicyclic) bond motifs is 1. The number of thioether (sulfide) groups is 1. The van der Waals surface area contributed by atoms with Crippen LogP contribution < -0.4 is 21.7 Å². The van der Waals surface area contributed by atoms with Crippen molar-refractivity contribution in [3.63, 3.8) is 0 Å². The average Bonchev–Trinajstić information content (AvgIpc) is 3.21. The highest BCUT2D eigenvalue weighted by Gasteiger charge is 2.26. The number of hydrogen-bond donors (Lipinski definition) is 7. The number of aromatic nitrogens is 1. The molecule has 8 N–H and O–H groups in total. The Hall–Kier alpha value is -3.58. The molecule has 0 radical (unpaired) electrons. The van der Waals surface area contributed by atoms with Crippen LogP contribution in [0.3, 0.4) is 0 Å². The standard InChI is InChI=1S/C22H29N5O7S/c1-35-7-6-16(27-20(31)14(23)9-19(29)30)21(32)25-11-18(28)26-17(22(33)34)8-12-10-24-15-5-3-2-4-13(12)15/h2-5,10,14,16-17,24H,6-9,11,23H2,1H3,(H,25,32)(H,26,28)(H,27,31)(H,29,30)(H,33,34). The van der Waals surface area contributed by atoms with Gasteiger partial charge < -0.3 is 36.9 Å². The van der Waals surface area contributed by atoms with E-state index in [4.69, 9.17) is 10.8 Å². The molecule has 1 aromatic heterocycles.